The summed E-state index contributed by atoms with van der Waals surface area (Å²) < 4.78 is 7.06. The molecule has 2 aromatic heterocycles. The molecule has 24 heavy (non-hydrogen) atoms. The van der Waals surface area contributed by atoms with Crippen LogP contribution in [0.5, 0.6) is 0 Å². The lowest BCUT2D eigenvalue weighted by atomic mass is 10.1. The maximum atomic E-state index is 2.45. The van der Waals surface area contributed by atoms with Crippen LogP contribution in [0.1, 0.15) is 11.1 Å². The van der Waals surface area contributed by atoms with Crippen LogP contribution in [0.15, 0.2) is 73.3 Å². The molecule has 0 fully saturated rings. The standard InChI is InChI=1S/C18H16I2N2.2HI/c19-17-12-16(14-22-9-5-2-6-10-22)18(20)11-15(17)13-21-7-3-1-4-8-21;;/h1-12H,13-14H2;2*1H/q+2;;/p-2. The fourth-order valence-electron chi connectivity index (χ4n) is 2.34. The van der Waals surface area contributed by atoms with Gasteiger partial charge in [-0.3, -0.25) is 0 Å². The molecule has 0 bridgehead atoms. The Kier molecular flexibility index (Phi) is 10.5. The number of hydrogen-bond acceptors (Lipinski definition) is 0. The van der Waals surface area contributed by atoms with Gasteiger partial charge in [0.2, 0.25) is 0 Å². The van der Waals surface area contributed by atoms with E-state index in [1.807, 2.05) is 12.1 Å². The van der Waals surface area contributed by atoms with Crippen molar-refractivity contribution in [2.75, 3.05) is 0 Å². The predicted molar refractivity (Wildman–Crippen MR) is 103 cm³/mol. The summed E-state index contributed by atoms with van der Waals surface area (Å²) in [5.41, 5.74) is 2.73. The molecule has 0 aliphatic rings. The molecule has 6 heteroatoms. The summed E-state index contributed by atoms with van der Waals surface area (Å²) in [6, 6.07) is 17.0. The third-order valence-electron chi connectivity index (χ3n) is 3.48. The van der Waals surface area contributed by atoms with Crippen LogP contribution < -0.4 is 57.1 Å². The van der Waals surface area contributed by atoms with Gasteiger partial charge in [0, 0.05) is 42.5 Å². The van der Waals surface area contributed by atoms with Crippen LogP contribution >= 0.6 is 45.2 Å². The molecule has 1 aromatic carbocycles. The topological polar surface area (TPSA) is 7.76 Å². The zero-order chi connectivity index (χ0) is 15.4. The molecular weight excluding hydrogens is 752 g/mol. The van der Waals surface area contributed by atoms with Crippen LogP contribution in [-0.4, -0.2) is 0 Å². The summed E-state index contributed by atoms with van der Waals surface area (Å²) in [5.74, 6) is 0. The van der Waals surface area contributed by atoms with Gasteiger partial charge < -0.3 is 48.0 Å². The van der Waals surface area contributed by atoms with E-state index in [9.17, 15) is 0 Å². The number of rotatable bonds is 4. The molecule has 2 nitrogen and oxygen atoms in total. The Morgan fingerprint density at radius 1 is 0.583 bits per heavy atom. The van der Waals surface area contributed by atoms with E-state index in [0.29, 0.717) is 0 Å². The van der Waals surface area contributed by atoms with E-state index in [1.54, 1.807) is 0 Å². The van der Waals surface area contributed by atoms with Gasteiger partial charge in [-0.2, -0.15) is 0 Å². The monoisotopic (exact) mass is 768 g/mol. The van der Waals surface area contributed by atoms with Crippen molar-refractivity contribution in [2.24, 2.45) is 0 Å². The van der Waals surface area contributed by atoms with E-state index in [1.165, 1.54) is 18.3 Å². The molecule has 0 radical (unpaired) electrons. The molecule has 0 N–H and O–H groups in total. The highest BCUT2D eigenvalue weighted by Gasteiger charge is 2.13. The molecular formula is C18H16I4N2. The number of benzene rings is 1. The summed E-state index contributed by atoms with van der Waals surface area (Å²) in [6.07, 6.45) is 8.43. The Labute approximate surface area is 204 Å². The van der Waals surface area contributed by atoms with Crippen LogP contribution in [0.3, 0.4) is 0 Å². The Morgan fingerprint density at radius 3 is 1.25 bits per heavy atom. The molecule has 0 spiro atoms. The molecule has 3 rings (SSSR count). The smallest absolute Gasteiger partial charge is 0.174 e. The third kappa shape index (κ3) is 6.31. The minimum atomic E-state index is 0. The number of pyridine rings is 2. The number of hydrogen-bond donors (Lipinski definition) is 0. The molecule has 0 aliphatic heterocycles. The van der Waals surface area contributed by atoms with Gasteiger partial charge in [-0.25, -0.2) is 9.13 Å². The van der Waals surface area contributed by atoms with Crippen molar-refractivity contribution in [3.8, 4) is 0 Å². The first-order chi connectivity index (χ1) is 10.7. The summed E-state index contributed by atoms with van der Waals surface area (Å²) in [4.78, 5) is 0. The summed E-state index contributed by atoms with van der Waals surface area (Å²) in [7, 11) is 0. The molecule has 0 amide bonds. The Hall–Kier alpha value is 0.440. The van der Waals surface area contributed by atoms with Crippen LogP contribution in [0.4, 0.5) is 0 Å². The Bertz CT molecular complexity index is 697. The first-order valence-corrected chi connectivity index (χ1v) is 9.23. The molecule has 0 atom stereocenters. The van der Waals surface area contributed by atoms with Crippen molar-refractivity contribution in [3.63, 3.8) is 0 Å². The maximum absolute atomic E-state index is 2.45. The van der Waals surface area contributed by atoms with Gasteiger partial charge >= 0.3 is 0 Å². The van der Waals surface area contributed by atoms with Crippen molar-refractivity contribution in [1.82, 2.24) is 0 Å². The molecule has 0 aliphatic carbocycles. The average Bonchev–Trinajstić information content (AvgIpc) is 2.54. The normalized spacial score (nSPS) is 9.75. The summed E-state index contributed by atoms with van der Waals surface area (Å²) in [6.45, 7) is 1.82. The summed E-state index contributed by atoms with van der Waals surface area (Å²) in [5, 5.41) is 0. The first-order valence-electron chi connectivity index (χ1n) is 7.07. The molecule has 0 saturated carbocycles. The minimum Gasteiger partial charge on any atom is -1.00 e. The molecule has 0 saturated heterocycles. The second-order valence-electron chi connectivity index (χ2n) is 5.13. The van der Waals surface area contributed by atoms with Gasteiger partial charge in [-0.15, -0.1) is 0 Å². The van der Waals surface area contributed by atoms with E-state index in [0.717, 1.165) is 13.1 Å². The number of halogens is 4. The lowest BCUT2D eigenvalue weighted by molar-refractivity contribution is -0.689. The highest BCUT2D eigenvalue weighted by Crippen LogP contribution is 2.20. The second-order valence-corrected chi connectivity index (χ2v) is 7.46. The maximum Gasteiger partial charge on any atom is 0.174 e. The number of aromatic nitrogens is 2. The predicted octanol–water partition coefficient (Wildman–Crippen LogP) is -2.42. The van der Waals surface area contributed by atoms with Crippen LogP contribution in [-0.2, 0) is 13.1 Å². The van der Waals surface area contributed by atoms with E-state index in [2.05, 4.69) is 116 Å². The van der Waals surface area contributed by atoms with Gasteiger partial charge in [0.25, 0.3) is 0 Å². The second kappa shape index (κ2) is 11.2. The van der Waals surface area contributed by atoms with E-state index in [4.69, 9.17) is 0 Å². The van der Waals surface area contributed by atoms with Crippen LogP contribution in [0.25, 0.3) is 0 Å². The quantitative estimate of drug-likeness (QED) is 0.207. The van der Waals surface area contributed by atoms with Crippen LogP contribution in [0, 0.1) is 7.14 Å². The van der Waals surface area contributed by atoms with Gasteiger partial charge in [0.05, 0.1) is 0 Å². The zero-order valence-corrected chi connectivity index (χ0v) is 21.4. The van der Waals surface area contributed by atoms with Gasteiger partial charge in [0.1, 0.15) is 0 Å². The van der Waals surface area contributed by atoms with E-state index in [-0.39, 0.29) is 48.0 Å². The summed E-state index contributed by atoms with van der Waals surface area (Å²) >= 11 is 4.89. The van der Waals surface area contributed by atoms with Crippen molar-refractivity contribution in [2.45, 2.75) is 13.1 Å². The first kappa shape index (κ1) is 22.5. The number of nitrogens with zero attached hydrogens (tertiary/aromatic N) is 2. The van der Waals surface area contributed by atoms with E-state index < -0.39 is 0 Å². The highest BCUT2D eigenvalue weighted by atomic mass is 127. The Balaban J connectivity index is 0.00000144. The molecule has 2 heterocycles. The third-order valence-corrected chi connectivity index (χ3v) is 5.48. The highest BCUT2D eigenvalue weighted by molar-refractivity contribution is 14.1. The van der Waals surface area contributed by atoms with E-state index >= 15 is 0 Å². The fourth-order valence-corrected chi connectivity index (χ4v) is 3.75. The van der Waals surface area contributed by atoms with Crippen LogP contribution in [0.2, 0.25) is 0 Å². The zero-order valence-electron chi connectivity index (χ0n) is 12.7. The van der Waals surface area contributed by atoms with Gasteiger partial charge in [0.15, 0.2) is 37.9 Å². The minimum absolute atomic E-state index is 0. The molecule has 126 valence electrons. The van der Waals surface area contributed by atoms with Crippen molar-refractivity contribution in [3.05, 3.63) is 91.6 Å². The lowest BCUT2D eigenvalue weighted by Crippen LogP contribution is -3.00. The lowest BCUT2D eigenvalue weighted by Gasteiger charge is -2.07. The van der Waals surface area contributed by atoms with Gasteiger partial charge in [-0.1, -0.05) is 12.1 Å². The van der Waals surface area contributed by atoms with Crippen molar-refractivity contribution >= 4 is 45.2 Å². The SMILES string of the molecule is Ic1cc(C[n+]2ccccc2)c(I)cc1C[n+]1ccccc1.[I-].[I-]. The fraction of sp³-hybridized carbons (Fsp3) is 0.111. The molecule has 3 aromatic rings. The van der Waals surface area contributed by atoms with Crippen molar-refractivity contribution in [1.29, 1.82) is 0 Å². The average molecular weight is 768 g/mol. The Morgan fingerprint density at radius 2 is 0.917 bits per heavy atom. The van der Waals surface area contributed by atoms with Gasteiger partial charge in [-0.05, 0) is 57.3 Å². The largest absolute Gasteiger partial charge is 1.00 e. The van der Waals surface area contributed by atoms with Crippen molar-refractivity contribution < 1.29 is 57.1 Å². The molecule has 0 unspecified atom stereocenters.